The van der Waals surface area contributed by atoms with Crippen molar-refractivity contribution >= 4 is 20.3 Å². The summed E-state index contributed by atoms with van der Waals surface area (Å²) in [6.45, 7) is 2.03. The largest absolute Gasteiger partial charge is 0.493 e. The zero-order valence-corrected chi connectivity index (χ0v) is 17.0. The number of rotatable bonds is 7. The molecule has 27 heavy (non-hydrogen) atoms. The van der Waals surface area contributed by atoms with E-state index in [1.165, 1.54) is 0 Å². The first-order valence-corrected chi connectivity index (χ1v) is 9.66. The highest BCUT2D eigenvalue weighted by atomic mass is 31.0. The van der Waals surface area contributed by atoms with E-state index in [4.69, 9.17) is 14.2 Å². The Morgan fingerprint density at radius 2 is 1.85 bits per heavy atom. The van der Waals surface area contributed by atoms with Crippen LogP contribution in [0.4, 0.5) is 0 Å². The van der Waals surface area contributed by atoms with E-state index in [0.717, 1.165) is 37.0 Å². The summed E-state index contributed by atoms with van der Waals surface area (Å²) in [5.41, 5.74) is 0.631. The topological polar surface area (TPSA) is 48.0 Å². The molecule has 1 saturated heterocycles. The molecule has 0 saturated carbocycles. The second-order valence-corrected chi connectivity index (χ2v) is 7.35. The lowest BCUT2D eigenvalue weighted by Gasteiger charge is -2.32. The Kier molecular flexibility index (Phi) is 6.70. The van der Waals surface area contributed by atoms with Crippen LogP contribution in [0.5, 0.6) is 17.2 Å². The monoisotopic (exact) mass is 387 g/mol. The van der Waals surface area contributed by atoms with Crippen molar-refractivity contribution in [3.05, 3.63) is 48.0 Å². The van der Waals surface area contributed by atoms with Crippen LogP contribution in [-0.2, 0) is 0 Å². The fraction of sp³-hybridized carbons (Fsp3) is 0.381. The smallest absolute Gasteiger partial charge is 0.176 e. The van der Waals surface area contributed by atoms with Gasteiger partial charge in [0, 0.05) is 12.1 Å². The first kappa shape index (κ1) is 19.7. The summed E-state index contributed by atoms with van der Waals surface area (Å²) >= 11 is 0. The normalized spacial score (nSPS) is 17.4. The molecule has 1 fully saturated rings. The summed E-state index contributed by atoms with van der Waals surface area (Å²) in [6, 6.07) is 13.3. The Hall–Kier alpha value is -2.10. The van der Waals surface area contributed by atoms with E-state index >= 15 is 0 Å². The molecular formula is C21H26NO4P. The highest BCUT2D eigenvalue weighted by molar-refractivity contribution is 7.27. The third-order valence-electron chi connectivity index (χ3n) is 4.72. The number of ketones is 1. The van der Waals surface area contributed by atoms with Gasteiger partial charge in [-0.25, -0.2) is 0 Å². The predicted molar refractivity (Wildman–Crippen MR) is 110 cm³/mol. The Labute approximate surface area is 162 Å². The molecule has 2 aromatic rings. The van der Waals surface area contributed by atoms with Gasteiger partial charge in [0.05, 0.1) is 20.8 Å². The van der Waals surface area contributed by atoms with Crippen molar-refractivity contribution in [3.63, 3.8) is 0 Å². The van der Waals surface area contributed by atoms with Gasteiger partial charge in [-0.15, -0.1) is 9.24 Å². The molecule has 1 heterocycles. The van der Waals surface area contributed by atoms with E-state index in [9.17, 15) is 4.79 Å². The van der Waals surface area contributed by atoms with Gasteiger partial charge >= 0.3 is 0 Å². The van der Waals surface area contributed by atoms with Gasteiger partial charge in [-0.1, -0.05) is 12.1 Å². The van der Waals surface area contributed by atoms with Gasteiger partial charge in [-0.05, 0) is 55.0 Å². The lowest BCUT2D eigenvalue weighted by Crippen LogP contribution is -2.43. The van der Waals surface area contributed by atoms with Crippen LogP contribution in [0.2, 0.25) is 0 Å². The van der Waals surface area contributed by atoms with Crippen molar-refractivity contribution in [3.8, 4) is 17.2 Å². The van der Waals surface area contributed by atoms with Crippen LogP contribution in [0, 0.1) is 0 Å². The number of piperidine rings is 1. The van der Waals surface area contributed by atoms with Crippen LogP contribution < -0.4 is 19.5 Å². The van der Waals surface area contributed by atoms with Crippen LogP contribution >= 0.6 is 9.24 Å². The van der Waals surface area contributed by atoms with Gasteiger partial charge in [-0.2, -0.15) is 0 Å². The average molecular weight is 387 g/mol. The van der Waals surface area contributed by atoms with Crippen LogP contribution in [0.15, 0.2) is 42.5 Å². The number of carbonyl (C=O) groups excluding carboxylic acids is 1. The number of ether oxygens (including phenoxy) is 3. The zero-order chi connectivity index (χ0) is 19.2. The van der Waals surface area contributed by atoms with Crippen molar-refractivity contribution in [2.24, 2.45) is 0 Å². The standard InChI is InChI=1S/C21H26NO4P/c1-24-20-10-5-15(12-21(20)25-2)19(23)14-22-11-3-4-17(13-22)26-16-6-8-18(27)9-7-16/h5-10,12,17H,3-4,11,13-14,27H2,1-2H3/t17-/m0/s1. The minimum absolute atomic E-state index is 0.0731. The second-order valence-electron chi connectivity index (χ2n) is 6.68. The highest BCUT2D eigenvalue weighted by Crippen LogP contribution is 2.28. The van der Waals surface area contributed by atoms with Gasteiger partial charge in [0.1, 0.15) is 11.9 Å². The Morgan fingerprint density at radius 3 is 2.56 bits per heavy atom. The summed E-state index contributed by atoms with van der Waals surface area (Å²) < 4.78 is 16.6. The van der Waals surface area contributed by atoms with Crippen LogP contribution in [0.1, 0.15) is 23.2 Å². The lowest BCUT2D eigenvalue weighted by molar-refractivity contribution is 0.0733. The number of carbonyl (C=O) groups is 1. The minimum atomic E-state index is 0.0731. The van der Waals surface area contributed by atoms with E-state index in [-0.39, 0.29) is 11.9 Å². The molecule has 0 radical (unpaired) electrons. The lowest BCUT2D eigenvalue weighted by atomic mass is 10.1. The van der Waals surface area contributed by atoms with E-state index < -0.39 is 0 Å². The summed E-state index contributed by atoms with van der Waals surface area (Å²) in [6.07, 6.45) is 2.13. The Morgan fingerprint density at radius 1 is 1.11 bits per heavy atom. The summed E-state index contributed by atoms with van der Waals surface area (Å²) in [4.78, 5) is 14.9. The van der Waals surface area contributed by atoms with E-state index in [1.54, 1.807) is 32.4 Å². The number of nitrogens with zero attached hydrogens (tertiary/aromatic N) is 1. The van der Waals surface area contributed by atoms with Crippen LogP contribution in [0.3, 0.4) is 0 Å². The van der Waals surface area contributed by atoms with Crippen molar-refractivity contribution in [2.45, 2.75) is 18.9 Å². The van der Waals surface area contributed by atoms with Gasteiger partial charge in [0.25, 0.3) is 0 Å². The van der Waals surface area contributed by atoms with Crippen LogP contribution in [-0.4, -0.2) is 50.6 Å². The van der Waals surface area contributed by atoms with E-state index in [2.05, 4.69) is 14.1 Å². The fourth-order valence-corrected chi connectivity index (χ4v) is 3.49. The summed E-state index contributed by atoms with van der Waals surface area (Å²) in [5, 5.41) is 1.13. The van der Waals surface area contributed by atoms with Crippen LogP contribution in [0.25, 0.3) is 0 Å². The molecule has 2 atom stereocenters. The van der Waals surface area contributed by atoms with Crippen molar-refractivity contribution in [1.29, 1.82) is 0 Å². The number of likely N-dealkylation sites (tertiary alicyclic amines) is 1. The molecule has 0 N–H and O–H groups in total. The fourth-order valence-electron chi connectivity index (χ4n) is 3.30. The average Bonchev–Trinajstić information content (AvgIpc) is 2.69. The molecule has 0 spiro atoms. The molecule has 1 unspecified atom stereocenters. The van der Waals surface area contributed by atoms with Crippen molar-refractivity contribution in [1.82, 2.24) is 4.90 Å². The van der Waals surface area contributed by atoms with Crippen molar-refractivity contribution in [2.75, 3.05) is 33.9 Å². The van der Waals surface area contributed by atoms with E-state index in [0.29, 0.717) is 23.6 Å². The second kappa shape index (κ2) is 9.20. The molecule has 0 aromatic heterocycles. The maximum atomic E-state index is 12.7. The SMILES string of the molecule is COc1ccc(C(=O)CN2CCC[C@H](Oc3ccc(P)cc3)C2)cc1OC. The molecule has 1 aliphatic rings. The van der Waals surface area contributed by atoms with Gasteiger partial charge < -0.3 is 14.2 Å². The molecule has 6 heteroatoms. The first-order valence-electron chi connectivity index (χ1n) is 9.09. The molecule has 144 valence electrons. The third kappa shape index (κ3) is 5.21. The molecule has 3 rings (SSSR count). The Bertz CT molecular complexity index is 778. The highest BCUT2D eigenvalue weighted by Gasteiger charge is 2.23. The molecule has 2 aromatic carbocycles. The molecular weight excluding hydrogens is 361 g/mol. The molecule has 0 bridgehead atoms. The molecule has 0 amide bonds. The maximum Gasteiger partial charge on any atom is 0.176 e. The number of benzene rings is 2. The molecule has 0 aliphatic carbocycles. The number of Topliss-reactive ketones (excluding diaryl/α,β-unsaturated/α-hetero) is 1. The van der Waals surface area contributed by atoms with Crippen molar-refractivity contribution < 1.29 is 19.0 Å². The van der Waals surface area contributed by atoms with E-state index in [1.807, 2.05) is 24.3 Å². The number of hydrogen-bond acceptors (Lipinski definition) is 5. The zero-order valence-electron chi connectivity index (χ0n) is 15.8. The third-order valence-corrected chi connectivity index (χ3v) is 5.10. The summed E-state index contributed by atoms with van der Waals surface area (Å²) in [5.74, 6) is 2.14. The van der Waals surface area contributed by atoms with Gasteiger partial charge in [0.15, 0.2) is 17.3 Å². The summed E-state index contributed by atoms with van der Waals surface area (Å²) in [7, 11) is 5.83. The van der Waals surface area contributed by atoms with Gasteiger partial charge in [-0.3, -0.25) is 9.69 Å². The quantitative estimate of drug-likeness (QED) is 0.540. The van der Waals surface area contributed by atoms with Gasteiger partial charge in [0.2, 0.25) is 0 Å². The minimum Gasteiger partial charge on any atom is -0.493 e. The number of methoxy groups -OCH3 is 2. The molecule has 5 nitrogen and oxygen atoms in total. The first-order chi connectivity index (χ1) is 13.1. The maximum absolute atomic E-state index is 12.7. The Balaban J connectivity index is 1.60. The number of hydrogen-bond donors (Lipinski definition) is 0. The predicted octanol–water partition coefficient (Wildman–Crippen LogP) is 2.93. The molecule has 1 aliphatic heterocycles.